The van der Waals surface area contributed by atoms with Gasteiger partial charge in [0.15, 0.2) is 0 Å². The van der Waals surface area contributed by atoms with Gasteiger partial charge < -0.3 is 15.0 Å². The first-order chi connectivity index (χ1) is 11.8. The second-order valence-corrected chi connectivity index (χ2v) is 8.50. The van der Waals surface area contributed by atoms with E-state index in [4.69, 9.17) is 4.74 Å². The molecule has 0 aliphatic carbocycles. The molecule has 1 aromatic rings. The highest BCUT2D eigenvalue weighted by Gasteiger charge is 2.33. The van der Waals surface area contributed by atoms with E-state index in [2.05, 4.69) is 10.0 Å². The van der Waals surface area contributed by atoms with Gasteiger partial charge in [-0.25, -0.2) is 13.1 Å². The number of halogens is 1. The molecule has 1 fully saturated rings. The van der Waals surface area contributed by atoms with Crippen LogP contribution in [-0.4, -0.2) is 66.7 Å². The number of amides is 1. The number of methoxy groups -OCH3 is 1. The third kappa shape index (κ3) is 5.65. The van der Waals surface area contributed by atoms with Gasteiger partial charge in [-0.2, -0.15) is 0 Å². The summed E-state index contributed by atoms with van der Waals surface area (Å²) < 4.78 is 33.2. The van der Waals surface area contributed by atoms with Crippen molar-refractivity contribution in [3.05, 3.63) is 29.8 Å². The van der Waals surface area contributed by atoms with Gasteiger partial charge in [0, 0.05) is 38.7 Å². The average molecular weight is 406 g/mol. The van der Waals surface area contributed by atoms with Crippen LogP contribution in [0.3, 0.4) is 0 Å². The van der Waals surface area contributed by atoms with Gasteiger partial charge in [0.1, 0.15) is 0 Å². The molecule has 2 N–H and O–H groups in total. The van der Waals surface area contributed by atoms with Crippen molar-refractivity contribution in [2.45, 2.75) is 17.7 Å². The van der Waals surface area contributed by atoms with Crippen LogP contribution in [0.2, 0.25) is 0 Å². The Morgan fingerprint density at radius 1 is 1.23 bits per heavy atom. The number of ether oxygens (including phenoxy) is 1. The Balaban J connectivity index is 0.00000338. The molecule has 1 saturated heterocycles. The highest BCUT2D eigenvalue weighted by Crippen LogP contribution is 2.28. The van der Waals surface area contributed by atoms with E-state index in [9.17, 15) is 13.2 Å². The second-order valence-electron chi connectivity index (χ2n) is 6.73. The first-order valence-corrected chi connectivity index (χ1v) is 9.79. The number of carbonyl (C=O) groups excluding carboxylic acids is 1. The zero-order valence-corrected chi connectivity index (χ0v) is 17.1. The van der Waals surface area contributed by atoms with Gasteiger partial charge in [-0.3, -0.25) is 4.79 Å². The predicted octanol–water partition coefficient (Wildman–Crippen LogP) is 1.10. The SMILES string of the molecule is COCC1(CNS(=O)(=O)c2ccc(C(=O)N(C)C)cc2)CCNCC1.Cl. The lowest BCUT2D eigenvalue weighted by Crippen LogP contribution is -2.47. The van der Waals surface area contributed by atoms with E-state index < -0.39 is 10.0 Å². The molecule has 1 heterocycles. The maximum atomic E-state index is 12.6. The lowest BCUT2D eigenvalue weighted by molar-refractivity contribution is 0.0577. The van der Waals surface area contributed by atoms with Crippen LogP contribution >= 0.6 is 12.4 Å². The van der Waals surface area contributed by atoms with Crippen molar-refractivity contribution in [1.82, 2.24) is 14.9 Å². The molecule has 9 heteroatoms. The smallest absolute Gasteiger partial charge is 0.253 e. The summed E-state index contributed by atoms with van der Waals surface area (Å²) in [5.41, 5.74) is 0.270. The van der Waals surface area contributed by atoms with E-state index >= 15 is 0 Å². The van der Waals surface area contributed by atoms with Crippen molar-refractivity contribution in [3.63, 3.8) is 0 Å². The molecule has 148 valence electrons. The Bertz CT molecular complexity index is 681. The van der Waals surface area contributed by atoms with Crippen LogP contribution < -0.4 is 10.0 Å². The van der Waals surface area contributed by atoms with Crippen LogP contribution in [0, 0.1) is 5.41 Å². The molecular formula is C17H28ClN3O4S. The zero-order valence-electron chi connectivity index (χ0n) is 15.4. The van der Waals surface area contributed by atoms with Crippen LogP contribution in [0.15, 0.2) is 29.2 Å². The van der Waals surface area contributed by atoms with Crippen LogP contribution in [0.4, 0.5) is 0 Å². The molecule has 26 heavy (non-hydrogen) atoms. The zero-order chi connectivity index (χ0) is 18.5. The van der Waals surface area contributed by atoms with Crippen molar-refractivity contribution in [1.29, 1.82) is 0 Å². The molecule has 1 aromatic carbocycles. The number of hydrogen-bond acceptors (Lipinski definition) is 5. The number of benzene rings is 1. The Morgan fingerprint density at radius 3 is 2.31 bits per heavy atom. The molecule has 2 rings (SSSR count). The molecule has 1 amide bonds. The minimum absolute atomic E-state index is 0. The second kappa shape index (κ2) is 9.66. The fourth-order valence-electron chi connectivity index (χ4n) is 3.00. The quantitative estimate of drug-likeness (QED) is 0.709. The number of rotatable bonds is 7. The fourth-order valence-corrected chi connectivity index (χ4v) is 4.16. The third-order valence-corrected chi connectivity index (χ3v) is 5.99. The molecule has 0 aromatic heterocycles. The lowest BCUT2D eigenvalue weighted by Gasteiger charge is -2.37. The molecule has 0 atom stereocenters. The maximum absolute atomic E-state index is 12.6. The molecule has 1 aliphatic heterocycles. The summed E-state index contributed by atoms with van der Waals surface area (Å²) in [5, 5.41) is 3.28. The average Bonchev–Trinajstić information content (AvgIpc) is 2.61. The van der Waals surface area contributed by atoms with Gasteiger partial charge in [-0.05, 0) is 50.2 Å². The monoisotopic (exact) mass is 405 g/mol. The van der Waals surface area contributed by atoms with Gasteiger partial charge in [0.25, 0.3) is 5.91 Å². The van der Waals surface area contributed by atoms with Gasteiger partial charge in [-0.1, -0.05) is 0 Å². The molecule has 1 aliphatic rings. The summed E-state index contributed by atoms with van der Waals surface area (Å²) in [7, 11) is 1.32. The Labute approximate surface area is 161 Å². The first kappa shape index (κ1) is 22.9. The molecular weight excluding hydrogens is 378 g/mol. The van der Waals surface area contributed by atoms with E-state index in [1.807, 2.05) is 0 Å². The molecule has 7 nitrogen and oxygen atoms in total. The minimum Gasteiger partial charge on any atom is -0.384 e. The van der Waals surface area contributed by atoms with Gasteiger partial charge in [0.05, 0.1) is 11.5 Å². The van der Waals surface area contributed by atoms with Crippen molar-refractivity contribution >= 4 is 28.3 Å². The van der Waals surface area contributed by atoms with E-state index in [1.54, 1.807) is 21.2 Å². The van der Waals surface area contributed by atoms with Crippen LogP contribution in [0.1, 0.15) is 23.2 Å². The van der Waals surface area contributed by atoms with Crippen LogP contribution in [0.25, 0.3) is 0 Å². The van der Waals surface area contributed by atoms with Crippen LogP contribution in [-0.2, 0) is 14.8 Å². The number of carbonyl (C=O) groups is 1. The summed E-state index contributed by atoms with van der Waals surface area (Å²) in [4.78, 5) is 13.5. The van der Waals surface area contributed by atoms with Crippen molar-refractivity contribution in [2.24, 2.45) is 5.41 Å². The van der Waals surface area contributed by atoms with E-state index in [-0.39, 0.29) is 28.6 Å². The summed E-state index contributed by atoms with van der Waals surface area (Å²) in [5.74, 6) is -0.161. The number of nitrogens with zero attached hydrogens (tertiary/aromatic N) is 1. The highest BCUT2D eigenvalue weighted by molar-refractivity contribution is 7.89. The standard InChI is InChI=1S/C17H27N3O4S.ClH/c1-20(2)16(21)14-4-6-15(7-5-14)25(22,23)19-12-17(13-24-3)8-10-18-11-9-17;/h4-7,18-19H,8-13H2,1-3H3;1H. The summed E-state index contributed by atoms with van der Waals surface area (Å²) >= 11 is 0. The summed E-state index contributed by atoms with van der Waals surface area (Å²) in [6.07, 6.45) is 1.72. The lowest BCUT2D eigenvalue weighted by atomic mass is 9.80. The summed E-state index contributed by atoms with van der Waals surface area (Å²) in [6.45, 7) is 2.57. The topological polar surface area (TPSA) is 87.7 Å². The van der Waals surface area contributed by atoms with Crippen LogP contribution in [0.5, 0.6) is 0 Å². The number of nitrogens with one attached hydrogen (secondary N) is 2. The molecule has 0 spiro atoms. The Kier molecular flexibility index (Phi) is 8.49. The summed E-state index contributed by atoms with van der Waals surface area (Å²) in [6, 6.07) is 5.99. The third-order valence-electron chi connectivity index (χ3n) is 4.57. The Hall–Kier alpha value is -1.19. The van der Waals surface area contributed by atoms with E-state index in [0.717, 1.165) is 25.9 Å². The number of piperidine rings is 1. The largest absolute Gasteiger partial charge is 0.384 e. The number of sulfonamides is 1. The molecule has 0 unspecified atom stereocenters. The predicted molar refractivity (Wildman–Crippen MR) is 103 cm³/mol. The highest BCUT2D eigenvalue weighted by atomic mass is 35.5. The van der Waals surface area contributed by atoms with Crippen molar-refractivity contribution in [3.8, 4) is 0 Å². The maximum Gasteiger partial charge on any atom is 0.253 e. The molecule has 0 saturated carbocycles. The normalized spacial score (nSPS) is 16.6. The van der Waals surface area contributed by atoms with E-state index in [1.165, 1.54) is 29.2 Å². The van der Waals surface area contributed by atoms with Gasteiger partial charge in [-0.15, -0.1) is 12.4 Å². The fraction of sp³-hybridized carbons (Fsp3) is 0.588. The number of hydrogen-bond donors (Lipinski definition) is 2. The molecule has 0 radical (unpaired) electrons. The van der Waals surface area contributed by atoms with Gasteiger partial charge in [0.2, 0.25) is 10.0 Å². The van der Waals surface area contributed by atoms with Gasteiger partial charge >= 0.3 is 0 Å². The van der Waals surface area contributed by atoms with Crippen molar-refractivity contribution in [2.75, 3.05) is 47.4 Å². The first-order valence-electron chi connectivity index (χ1n) is 8.31. The minimum atomic E-state index is -3.63. The Morgan fingerprint density at radius 2 is 1.81 bits per heavy atom. The van der Waals surface area contributed by atoms with E-state index in [0.29, 0.717) is 18.7 Å². The molecule has 0 bridgehead atoms. The van der Waals surface area contributed by atoms with Crippen molar-refractivity contribution < 1.29 is 17.9 Å².